The molecule has 3 heteroatoms. The lowest BCUT2D eigenvalue weighted by atomic mass is 9.99. The van der Waals surface area contributed by atoms with Gasteiger partial charge in [0.1, 0.15) is 0 Å². The third-order valence-corrected chi connectivity index (χ3v) is 4.56. The highest BCUT2D eigenvalue weighted by Gasteiger charge is 2.14. The Morgan fingerprint density at radius 1 is 1.05 bits per heavy atom. The zero-order chi connectivity index (χ0) is 14.7. The quantitative estimate of drug-likeness (QED) is 0.529. The van der Waals surface area contributed by atoms with Crippen LogP contribution in [0.1, 0.15) is 35.9 Å². The van der Waals surface area contributed by atoms with Crippen LogP contribution in [-0.4, -0.2) is 0 Å². The van der Waals surface area contributed by atoms with E-state index in [4.69, 9.17) is 23.2 Å². The number of hydrogen-bond donors (Lipinski definition) is 0. The van der Waals surface area contributed by atoms with E-state index < -0.39 is 0 Å². The molecule has 0 heterocycles. The van der Waals surface area contributed by atoms with Gasteiger partial charge in [-0.15, -0.1) is 11.6 Å². The normalized spacial score (nSPS) is 12.7. The lowest BCUT2D eigenvalue weighted by molar-refractivity contribution is 0.647. The van der Waals surface area contributed by atoms with Gasteiger partial charge >= 0.3 is 0 Å². The summed E-state index contributed by atoms with van der Waals surface area (Å²) in [6.45, 7) is 4.45. The van der Waals surface area contributed by atoms with Gasteiger partial charge in [-0.25, -0.2) is 0 Å². The van der Waals surface area contributed by atoms with E-state index >= 15 is 0 Å². The molecule has 2 aromatic rings. The molecule has 0 bridgehead atoms. The molecule has 20 heavy (non-hydrogen) atoms. The van der Waals surface area contributed by atoms with Gasteiger partial charge in [0.2, 0.25) is 0 Å². The first-order valence-electron chi connectivity index (χ1n) is 6.65. The van der Waals surface area contributed by atoms with Crippen molar-refractivity contribution in [3.63, 3.8) is 0 Å². The average Bonchev–Trinajstić information content (AvgIpc) is 2.38. The van der Waals surface area contributed by atoms with Crippen LogP contribution in [0.25, 0.3) is 0 Å². The van der Waals surface area contributed by atoms with Crippen molar-refractivity contribution in [2.24, 2.45) is 5.92 Å². The molecule has 0 saturated carbocycles. The van der Waals surface area contributed by atoms with E-state index in [-0.39, 0.29) is 5.38 Å². The van der Waals surface area contributed by atoms with Crippen LogP contribution in [0.5, 0.6) is 0 Å². The molecule has 0 nitrogen and oxygen atoms in total. The molecule has 0 aliphatic carbocycles. The molecule has 0 radical (unpaired) electrons. The van der Waals surface area contributed by atoms with Crippen molar-refractivity contribution >= 4 is 39.1 Å². The molecule has 0 spiro atoms. The molecule has 2 aromatic carbocycles. The molecular formula is C17H17BrCl2. The Bertz CT molecular complexity index is 576. The van der Waals surface area contributed by atoms with Crippen LogP contribution in [-0.2, 0) is 6.42 Å². The van der Waals surface area contributed by atoms with Crippen molar-refractivity contribution in [1.82, 2.24) is 0 Å². The second-order valence-corrected chi connectivity index (χ2v) is 7.10. The molecular weight excluding hydrogens is 355 g/mol. The van der Waals surface area contributed by atoms with Crippen molar-refractivity contribution < 1.29 is 0 Å². The number of alkyl halides is 1. The van der Waals surface area contributed by atoms with Crippen molar-refractivity contribution in [2.45, 2.75) is 25.6 Å². The highest BCUT2D eigenvalue weighted by Crippen LogP contribution is 2.35. The van der Waals surface area contributed by atoms with Gasteiger partial charge in [-0.2, -0.15) is 0 Å². The summed E-state index contributed by atoms with van der Waals surface area (Å²) in [6.07, 6.45) is 1.10. The summed E-state index contributed by atoms with van der Waals surface area (Å²) in [5, 5.41) is 0.534. The van der Waals surface area contributed by atoms with E-state index in [9.17, 15) is 0 Å². The van der Waals surface area contributed by atoms with Crippen LogP contribution in [0.4, 0.5) is 0 Å². The maximum atomic E-state index is 6.57. The van der Waals surface area contributed by atoms with Crippen LogP contribution in [0.2, 0.25) is 5.02 Å². The van der Waals surface area contributed by atoms with Crippen LogP contribution in [0.15, 0.2) is 46.9 Å². The second-order valence-electron chi connectivity index (χ2n) is 5.37. The molecule has 106 valence electrons. The number of halogens is 3. The Morgan fingerprint density at radius 3 is 2.25 bits per heavy atom. The third-order valence-electron chi connectivity index (χ3n) is 3.15. The minimum atomic E-state index is -0.172. The lowest BCUT2D eigenvalue weighted by Gasteiger charge is -2.14. The number of hydrogen-bond acceptors (Lipinski definition) is 0. The van der Waals surface area contributed by atoms with Crippen LogP contribution >= 0.6 is 39.1 Å². The summed E-state index contributed by atoms with van der Waals surface area (Å²) in [5.74, 6) is 0.665. The highest BCUT2D eigenvalue weighted by molar-refractivity contribution is 9.10. The monoisotopic (exact) mass is 370 g/mol. The van der Waals surface area contributed by atoms with Gasteiger partial charge in [0.15, 0.2) is 0 Å². The predicted molar refractivity (Wildman–Crippen MR) is 91.8 cm³/mol. The summed E-state index contributed by atoms with van der Waals surface area (Å²) >= 11 is 16.1. The molecule has 0 saturated heterocycles. The van der Waals surface area contributed by atoms with Gasteiger partial charge in [-0.3, -0.25) is 0 Å². The van der Waals surface area contributed by atoms with Gasteiger partial charge in [-0.05, 0) is 41.2 Å². The smallest absolute Gasteiger partial charge is 0.0846 e. The van der Waals surface area contributed by atoms with Crippen molar-refractivity contribution in [3.05, 3.63) is 68.7 Å². The lowest BCUT2D eigenvalue weighted by Crippen LogP contribution is -1.97. The predicted octanol–water partition coefficient (Wildman–Crippen LogP) is 6.63. The summed E-state index contributed by atoms with van der Waals surface area (Å²) in [4.78, 5) is 0. The minimum absolute atomic E-state index is 0.172. The molecule has 0 aliphatic heterocycles. The van der Waals surface area contributed by atoms with E-state index in [1.54, 1.807) is 0 Å². The first-order valence-corrected chi connectivity index (χ1v) is 8.26. The first kappa shape index (κ1) is 15.9. The van der Waals surface area contributed by atoms with Gasteiger partial charge in [0, 0.05) is 9.50 Å². The number of rotatable bonds is 4. The standard InChI is InChI=1S/C17H17BrCl2/c1-11(2)9-12-3-5-13(6-4-12)17(20)15-8-7-14(19)10-16(15)18/h3-8,10-11,17H,9H2,1-2H3. The summed E-state index contributed by atoms with van der Waals surface area (Å²) in [7, 11) is 0. The fourth-order valence-electron chi connectivity index (χ4n) is 2.18. The van der Waals surface area contributed by atoms with Crippen LogP contribution in [0.3, 0.4) is 0 Å². The van der Waals surface area contributed by atoms with Crippen LogP contribution < -0.4 is 0 Å². The van der Waals surface area contributed by atoms with Gasteiger partial charge in [0.05, 0.1) is 5.38 Å². The Balaban J connectivity index is 2.22. The Morgan fingerprint density at radius 2 is 1.70 bits per heavy atom. The summed E-state index contributed by atoms with van der Waals surface area (Å²) in [6, 6.07) is 14.2. The van der Waals surface area contributed by atoms with Gasteiger partial charge < -0.3 is 0 Å². The minimum Gasteiger partial charge on any atom is -0.113 e. The van der Waals surface area contributed by atoms with Gasteiger partial charge in [0.25, 0.3) is 0 Å². The maximum Gasteiger partial charge on any atom is 0.0846 e. The van der Waals surface area contributed by atoms with E-state index in [0.717, 1.165) is 22.0 Å². The van der Waals surface area contributed by atoms with Gasteiger partial charge in [-0.1, -0.05) is 71.7 Å². The molecule has 0 amide bonds. The molecule has 0 N–H and O–H groups in total. The van der Waals surface area contributed by atoms with Crippen LogP contribution in [0, 0.1) is 5.92 Å². The Hall–Kier alpha value is -0.500. The van der Waals surface area contributed by atoms with E-state index in [1.165, 1.54) is 5.56 Å². The topological polar surface area (TPSA) is 0 Å². The third kappa shape index (κ3) is 4.00. The average molecular weight is 372 g/mol. The molecule has 0 aromatic heterocycles. The Labute approximate surface area is 139 Å². The highest BCUT2D eigenvalue weighted by atomic mass is 79.9. The molecule has 0 aliphatic rings. The van der Waals surface area contributed by atoms with E-state index in [1.807, 2.05) is 18.2 Å². The first-order chi connectivity index (χ1) is 9.47. The largest absolute Gasteiger partial charge is 0.113 e. The van der Waals surface area contributed by atoms with Crippen molar-refractivity contribution in [2.75, 3.05) is 0 Å². The molecule has 1 atom stereocenters. The number of benzene rings is 2. The molecule has 0 fully saturated rings. The maximum absolute atomic E-state index is 6.57. The Kier molecular flexibility index (Phi) is 5.54. The van der Waals surface area contributed by atoms with Crippen molar-refractivity contribution in [3.8, 4) is 0 Å². The molecule has 2 rings (SSSR count). The fraction of sp³-hybridized carbons (Fsp3) is 0.294. The SMILES string of the molecule is CC(C)Cc1ccc(C(Cl)c2ccc(Cl)cc2Br)cc1. The van der Waals surface area contributed by atoms with Crippen molar-refractivity contribution in [1.29, 1.82) is 0 Å². The zero-order valence-electron chi connectivity index (χ0n) is 11.5. The summed E-state index contributed by atoms with van der Waals surface area (Å²) < 4.78 is 0.941. The van der Waals surface area contributed by atoms with E-state index in [2.05, 4.69) is 54.0 Å². The van der Waals surface area contributed by atoms with E-state index in [0.29, 0.717) is 10.9 Å². The second kappa shape index (κ2) is 6.98. The summed E-state index contributed by atoms with van der Waals surface area (Å²) in [5.41, 5.74) is 3.48. The fourth-order valence-corrected chi connectivity index (χ4v) is 3.56. The molecule has 1 unspecified atom stereocenters. The zero-order valence-corrected chi connectivity index (χ0v) is 14.6.